The molecule has 1 amide bonds. The molecule has 1 heterocycles. The van der Waals surface area contributed by atoms with E-state index < -0.39 is 0 Å². The van der Waals surface area contributed by atoms with Gasteiger partial charge in [0, 0.05) is 20.1 Å². The lowest BCUT2D eigenvalue weighted by atomic mass is 10.2. The highest BCUT2D eigenvalue weighted by atomic mass is 32.2. The van der Waals surface area contributed by atoms with Gasteiger partial charge in [0.05, 0.1) is 16.2 Å². The topological polar surface area (TPSA) is 55.2 Å². The zero-order valence-corrected chi connectivity index (χ0v) is 15.2. The molecular formula is C18H23N3O2S. The Morgan fingerprint density at radius 2 is 1.96 bits per heavy atom. The molecule has 0 bridgehead atoms. The molecule has 0 radical (unpaired) electrons. The average molecular weight is 345 g/mol. The number of para-hydroxylation sites is 1. The fraction of sp³-hybridized carbons (Fsp3) is 0.500. The van der Waals surface area contributed by atoms with Crippen LogP contribution in [-0.2, 0) is 4.79 Å². The van der Waals surface area contributed by atoms with E-state index in [2.05, 4.69) is 0 Å². The summed E-state index contributed by atoms with van der Waals surface area (Å²) in [5.41, 5.74) is 0.711. The molecular weight excluding hydrogens is 322 g/mol. The largest absolute Gasteiger partial charge is 0.348 e. The zero-order chi connectivity index (χ0) is 17.3. The minimum absolute atomic E-state index is 0.0134. The summed E-state index contributed by atoms with van der Waals surface area (Å²) < 4.78 is 1.83. The summed E-state index contributed by atoms with van der Waals surface area (Å²) in [7, 11) is 3.49. The van der Waals surface area contributed by atoms with Crippen molar-refractivity contribution in [3.05, 3.63) is 34.6 Å². The van der Waals surface area contributed by atoms with Crippen LogP contribution in [0, 0.1) is 0 Å². The van der Waals surface area contributed by atoms with Gasteiger partial charge in [-0.1, -0.05) is 36.7 Å². The van der Waals surface area contributed by atoms with Crippen LogP contribution in [0.5, 0.6) is 0 Å². The van der Waals surface area contributed by atoms with Crippen molar-refractivity contribution >= 4 is 28.6 Å². The Morgan fingerprint density at radius 3 is 2.62 bits per heavy atom. The Morgan fingerprint density at radius 1 is 1.29 bits per heavy atom. The second-order valence-electron chi connectivity index (χ2n) is 6.52. The Bertz CT molecular complexity index is 810. The molecule has 0 spiro atoms. The molecule has 1 saturated carbocycles. The summed E-state index contributed by atoms with van der Waals surface area (Å²) in [6.07, 6.45) is 4.29. The van der Waals surface area contributed by atoms with Crippen LogP contribution in [-0.4, -0.2) is 39.7 Å². The average Bonchev–Trinajstić information content (AvgIpc) is 3.08. The predicted octanol–water partition coefficient (Wildman–Crippen LogP) is 3.08. The third-order valence-corrected chi connectivity index (χ3v) is 5.59. The fourth-order valence-corrected chi connectivity index (χ4v) is 4.39. The molecule has 1 fully saturated rings. The normalized spacial score (nSPS) is 16.5. The lowest BCUT2D eigenvalue weighted by Crippen LogP contribution is -2.31. The first-order valence-corrected chi connectivity index (χ1v) is 9.26. The van der Waals surface area contributed by atoms with E-state index in [0.29, 0.717) is 16.1 Å². The smallest absolute Gasteiger partial charge is 0.262 e. The number of rotatable bonds is 4. The third kappa shape index (κ3) is 3.20. The standard InChI is InChI=1S/C18H23N3O2S/c1-12(16(22)20(2)3)24-18-19-15-11-7-6-10-14(15)17(23)21(18)13-8-4-5-9-13/h6-7,10-13H,4-5,8-9H2,1-3H3/t12-/m0/s1. The van der Waals surface area contributed by atoms with E-state index in [0.717, 1.165) is 25.7 Å². The second-order valence-corrected chi connectivity index (χ2v) is 7.83. The predicted molar refractivity (Wildman–Crippen MR) is 97.5 cm³/mol. The molecule has 1 aromatic carbocycles. The molecule has 0 aliphatic heterocycles. The van der Waals surface area contributed by atoms with E-state index in [-0.39, 0.29) is 22.8 Å². The summed E-state index contributed by atoms with van der Waals surface area (Å²) in [5.74, 6) is 0.0281. The first-order valence-electron chi connectivity index (χ1n) is 8.38. The molecule has 1 aliphatic rings. The summed E-state index contributed by atoms with van der Waals surface area (Å²) >= 11 is 1.38. The summed E-state index contributed by atoms with van der Waals surface area (Å²) in [6.45, 7) is 1.87. The van der Waals surface area contributed by atoms with Gasteiger partial charge in [-0.25, -0.2) is 4.98 Å². The number of nitrogens with zero attached hydrogens (tertiary/aromatic N) is 3. The van der Waals surface area contributed by atoms with Gasteiger partial charge in [0.1, 0.15) is 0 Å². The molecule has 1 aliphatic carbocycles. The maximum Gasteiger partial charge on any atom is 0.262 e. The Hall–Kier alpha value is -1.82. The fourth-order valence-electron chi connectivity index (χ4n) is 3.27. The van der Waals surface area contributed by atoms with Crippen molar-refractivity contribution in [2.75, 3.05) is 14.1 Å². The van der Waals surface area contributed by atoms with Crippen molar-refractivity contribution in [1.29, 1.82) is 0 Å². The van der Waals surface area contributed by atoms with Gasteiger partial charge < -0.3 is 4.90 Å². The van der Waals surface area contributed by atoms with Gasteiger partial charge >= 0.3 is 0 Å². The minimum atomic E-state index is -0.277. The number of amides is 1. The maximum atomic E-state index is 13.0. The third-order valence-electron chi connectivity index (χ3n) is 4.54. The molecule has 1 aromatic heterocycles. The van der Waals surface area contributed by atoms with Gasteiger partial charge in [-0.05, 0) is 31.9 Å². The molecule has 24 heavy (non-hydrogen) atoms. The number of thioether (sulfide) groups is 1. The highest BCUT2D eigenvalue weighted by molar-refractivity contribution is 8.00. The van der Waals surface area contributed by atoms with Crippen LogP contribution in [0.1, 0.15) is 38.6 Å². The summed E-state index contributed by atoms with van der Waals surface area (Å²) in [5, 5.41) is 1.04. The molecule has 2 aromatic rings. The molecule has 6 heteroatoms. The van der Waals surface area contributed by atoms with Gasteiger partial charge in [0.25, 0.3) is 5.56 Å². The molecule has 128 valence electrons. The van der Waals surface area contributed by atoms with Crippen molar-refractivity contribution in [2.24, 2.45) is 0 Å². The summed E-state index contributed by atoms with van der Waals surface area (Å²) in [6, 6.07) is 7.64. The number of carbonyl (C=O) groups excluding carboxylic acids is 1. The maximum absolute atomic E-state index is 13.0. The molecule has 0 N–H and O–H groups in total. The van der Waals surface area contributed by atoms with Gasteiger partial charge in [-0.3, -0.25) is 14.2 Å². The van der Waals surface area contributed by atoms with Crippen molar-refractivity contribution in [3.63, 3.8) is 0 Å². The number of fused-ring (bicyclic) bond motifs is 1. The molecule has 5 nitrogen and oxygen atoms in total. The second kappa shape index (κ2) is 6.97. The van der Waals surface area contributed by atoms with Crippen LogP contribution in [0.2, 0.25) is 0 Å². The molecule has 3 rings (SSSR count). The van der Waals surface area contributed by atoms with E-state index in [1.54, 1.807) is 19.0 Å². The van der Waals surface area contributed by atoms with Crippen molar-refractivity contribution in [1.82, 2.24) is 14.5 Å². The highest BCUT2D eigenvalue weighted by Crippen LogP contribution is 2.33. The summed E-state index contributed by atoms with van der Waals surface area (Å²) in [4.78, 5) is 31.6. The van der Waals surface area contributed by atoms with E-state index in [1.807, 2.05) is 35.8 Å². The van der Waals surface area contributed by atoms with Crippen LogP contribution >= 0.6 is 11.8 Å². The van der Waals surface area contributed by atoms with Gasteiger partial charge in [0.15, 0.2) is 5.16 Å². The van der Waals surface area contributed by atoms with Crippen molar-refractivity contribution < 1.29 is 4.79 Å². The number of aromatic nitrogens is 2. The molecule has 0 unspecified atom stereocenters. The van der Waals surface area contributed by atoms with Crippen molar-refractivity contribution in [2.45, 2.75) is 49.1 Å². The van der Waals surface area contributed by atoms with Crippen LogP contribution < -0.4 is 5.56 Å². The molecule has 1 atom stereocenters. The van der Waals surface area contributed by atoms with Crippen molar-refractivity contribution in [3.8, 4) is 0 Å². The van der Waals surface area contributed by atoms with E-state index in [4.69, 9.17) is 4.98 Å². The van der Waals surface area contributed by atoms with Crippen LogP contribution in [0.15, 0.2) is 34.2 Å². The zero-order valence-electron chi connectivity index (χ0n) is 14.4. The number of benzene rings is 1. The number of carbonyl (C=O) groups is 1. The van der Waals surface area contributed by atoms with Gasteiger partial charge in [0.2, 0.25) is 5.91 Å². The van der Waals surface area contributed by atoms with Crippen LogP contribution in [0.25, 0.3) is 10.9 Å². The lowest BCUT2D eigenvalue weighted by Gasteiger charge is -2.21. The first-order chi connectivity index (χ1) is 11.5. The Kier molecular flexibility index (Phi) is 4.94. The number of hydrogen-bond donors (Lipinski definition) is 0. The van der Waals surface area contributed by atoms with Gasteiger partial charge in [-0.15, -0.1) is 0 Å². The molecule has 0 saturated heterocycles. The Balaban J connectivity index is 2.09. The van der Waals surface area contributed by atoms with Crippen LogP contribution in [0.3, 0.4) is 0 Å². The SMILES string of the molecule is C[C@H](Sc1nc2ccccc2c(=O)n1C1CCCC1)C(=O)N(C)C. The first kappa shape index (κ1) is 17.0. The lowest BCUT2D eigenvalue weighted by molar-refractivity contribution is -0.127. The monoisotopic (exact) mass is 345 g/mol. The number of hydrogen-bond acceptors (Lipinski definition) is 4. The minimum Gasteiger partial charge on any atom is -0.348 e. The van der Waals surface area contributed by atoms with E-state index >= 15 is 0 Å². The van der Waals surface area contributed by atoms with E-state index in [9.17, 15) is 9.59 Å². The van der Waals surface area contributed by atoms with Crippen LogP contribution in [0.4, 0.5) is 0 Å². The Labute approximate surface area is 146 Å². The highest BCUT2D eigenvalue weighted by Gasteiger charge is 2.25. The van der Waals surface area contributed by atoms with Gasteiger partial charge in [-0.2, -0.15) is 0 Å². The quantitative estimate of drug-likeness (QED) is 0.631. The van der Waals surface area contributed by atoms with E-state index in [1.165, 1.54) is 11.8 Å².